The Labute approximate surface area is 171 Å². The number of carbonyl (C=O) groups is 3. The summed E-state index contributed by atoms with van der Waals surface area (Å²) in [6.07, 6.45) is -0.0475. The number of esters is 1. The van der Waals surface area contributed by atoms with Crippen LogP contribution < -0.4 is 15.0 Å². The molecule has 2 aromatic carbocycles. The van der Waals surface area contributed by atoms with E-state index in [1.165, 1.54) is 36.3 Å². The molecule has 0 aliphatic carbocycles. The molecule has 1 aliphatic rings. The van der Waals surface area contributed by atoms with Gasteiger partial charge in [-0.1, -0.05) is 11.6 Å². The Morgan fingerprint density at radius 1 is 1.24 bits per heavy atom. The van der Waals surface area contributed by atoms with E-state index in [0.29, 0.717) is 22.1 Å². The molecule has 3 rings (SSSR count). The minimum Gasteiger partial charge on any atom is -0.495 e. The van der Waals surface area contributed by atoms with Crippen LogP contribution in [0.5, 0.6) is 5.75 Å². The quantitative estimate of drug-likeness (QED) is 0.726. The third kappa shape index (κ3) is 5.03. The van der Waals surface area contributed by atoms with Crippen LogP contribution in [0.25, 0.3) is 0 Å². The normalized spacial score (nSPS) is 15.9. The Balaban J connectivity index is 1.57. The maximum Gasteiger partial charge on any atom is 0.311 e. The first-order valence-electron chi connectivity index (χ1n) is 8.73. The molecule has 2 aromatic rings. The summed E-state index contributed by atoms with van der Waals surface area (Å²) in [6.45, 7) is -0.421. The predicted octanol–water partition coefficient (Wildman–Crippen LogP) is 3.02. The average molecular weight is 421 g/mol. The SMILES string of the molecule is COc1ccc(Cl)cc1N1C[C@@H](C(=O)OCC(=O)Nc2ccc(F)cc2)CC1=O. The molecule has 7 nitrogen and oxygen atoms in total. The summed E-state index contributed by atoms with van der Waals surface area (Å²) in [5, 5.41) is 2.92. The van der Waals surface area contributed by atoms with Gasteiger partial charge in [0.15, 0.2) is 6.61 Å². The molecule has 0 saturated carbocycles. The van der Waals surface area contributed by atoms with Crippen molar-refractivity contribution >= 4 is 40.8 Å². The van der Waals surface area contributed by atoms with E-state index in [1.54, 1.807) is 18.2 Å². The first-order valence-corrected chi connectivity index (χ1v) is 9.11. The van der Waals surface area contributed by atoms with E-state index in [4.69, 9.17) is 21.1 Å². The van der Waals surface area contributed by atoms with Crippen molar-refractivity contribution < 1.29 is 28.2 Å². The largest absolute Gasteiger partial charge is 0.495 e. The minimum atomic E-state index is -0.718. The number of hydrogen-bond acceptors (Lipinski definition) is 5. The Hall–Kier alpha value is -3.13. The van der Waals surface area contributed by atoms with Gasteiger partial charge in [-0.05, 0) is 42.5 Å². The standard InChI is InChI=1S/C20H18ClFN2O5/c1-28-17-7-2-13(21)9-16(17)24-10-12(8-19(24)26)20(27)29-11-18(25)23-15-5-3-14(22)4-6-15/h2-7,9,12H,8,10-11H2,1H3,(H,23,25)/t12-/m0/s1. The summed E-state index contributed by atoms with van der Waals surface area (Å²) in [5.41, 5.74) is 0.845. The van der Waals surface area contributed by atoms with E-state index in [0.717, 1.165) is 0 Å². The number of anilines is 2. The number of ether oxygens (including phenoxy) is 2. The number of hydrogen-bond donors (Lipinski definition) is 1. The van der Waals surface area contributed by atoms with E-state index < -0.39 is 30.2 Å². The summed E-state index contributed by atoms with van der Waals surface area (Å²) >= 11 is 6.01. The highest BCUT2D eigenvalue weighted by Gasteiger charge is 2.37. The number of nitrogens with zero attached hydrogens (tertiary/aromatic N) is 1. The fourth-order valence-corrected chi connectivity index (χ4v) is 3.12. The molecule has 1 N–H and O–H groups in total. The molecule has 1 heterocycles. The molecule has 29 heavy (non-hydrogen) atoms. The summed E-state index contributed by atoms with van der Waals surface area (Å²) in [5.74, 6) is -2.19. The van der Waals surface area contributed by atoms with Crippen LogP contribution in [-0.4, -0.2) is 38.0 Å². The van der Waals surface area contributed by atoms with Gasteiger partial charge in [-0.2, -0.15) is 0 Å². The molecule has 1 atom stereocenters. The van der Waals surface area contributed by atoms with Gasteiger partial charge in [0.25, 0.3) is 5.91 Å². The second-order valence-corrected chi connectivity index (χ2v) is 6.82. The van der Waals surface area contributed by atoms with Crippen molar-refractivity contribution in [3.63, 3.8) is 0 Å². The van der Waals surface area contributed by atoms with Crippen molar-refractivity contribution in [2.45, 2.75) is 6.42 Å². The highest BCUT2D eigenvalue weighted by molar-refractivity contribution is 6.31. The number of carbonyl (C=O) groups excluding carboxylic acids is 3. The zero-order valence-electron chi connectivity index (χ0n) is 15.5. The van der Waals surface area contributed by atoms with Crippen LogP contribution >= 0.6 is 11.6 Å². The summed E-state index contributed by atoms with van der Waals surface area (Å²) in [6, 6.07) is 10.0. The Kier molecular flexibility index (Phi) is 6.33. The molecule has 0 aromatic heterocycles. The van der Waals surface area contributed by atoms with Crippen molar-refractivity contribution in [3.05, 3.63) is 53.3 Å². The van der Waals surface area contributed by atoms with Crippen LogP contribution in [0.15, 0.2) is 42.5 Å². The van der Waals surface area contributed by atoms with Gasteiger partial charge in [-0.15, -0.1) is 0 Å². The minimum absolute atomic E-state index is 0.0475. The molecule has 1 aliphatic heterocycles. The van der Waals surface area contributed by atoms with Crippen LogP contribution in [0.1, 0.15) is 6.42 Å². The van der Waals surface area contributed by atoms with E-state index in [-0.39, 0.29) is 18.9 Å². The average Bonchev–Trinajstić information content (AvgIpc) is 3.09. The van der Waals surface area contributed by atoms with E-state index in [9.17, 15) is 18.8 Å². The molecule has 0 spiro atoms. The molecule has 152 valence electrons. The molecule has 0 radical (unpaired) electrons. The van der Waals surface area contributed by atoms with Crippen LogP contribution in [0.3, 0.4) is 0 Å². The number of halogens is 2. The summed E-state index contributed by atoms with van der Waals surface area (Å²) < 4.78 is 23.2. The molecule has 2 amide bonds. The smallest absolute Gasteiger partial charge is 0.311 e. The zero-order chi connectivity index (χ0) is 21.0. The van der Waals surface area contributed by atoms with Crippen molar-refractivity contribution in [2.75, 3.05) is 30.5 Å². The monoisotopic (exact) mass is 420 g/mol. The summed E-state index contributed by atoms with van der Waals surface area (Å²) in [7, 11) is 1.47. The van der Waals surface area contributed by atoms with Gasteiger partial charge in [0.2, 0.25) is 5.91 Å². The molecular weight excluding hydrogens is 403 g/mol. The van der Waals surface area contributed by atoms with Gasteiger partial charge in [0.1, 0.15) is 11.6 Å². The van der Waals surface area contributed by atoms with Crippen molar-refractivity contribution in [2.24, 2.45) is 5.92 Å². The molecular formula is C20H18ClFN2O5. The topological polar surface area (TPSA) is 84.9 Å². The molecule has 9 heteroatoms. The number of rotatable bonds is 6. The number of methoxy groups -OCH3 is 1. The molecule has 1 fully saturated rings. The maximum atomic E-state index is 12.9. The van der Waals surface area contributed by atoms with Crippen LogP contribution in [0.4, 0.5) is 15.8 Å². The summed E-state index contributed by atoms with van der Waals surface area (Å²) in [4.78, 5) is 38.0. The van der Waals surface area contributed by atoms with E-state index >= 15 is 0 Å². The van der Waals surface area contributed by atoms with Gasteiger partial charge >= 0.3 is 5.97 Å². The first kappa shape index (κ1) is 20.6. The van der Waals surface area contributed by atoms with Crippen LogP contribution in [0, 0.1) is 11.7 Å². The lowest BCUT2D eigenvalue weighted by Gasteiger charge is -2.19. The Bertz CT molecular complexity index is 935. The first-order chi connectivity index (χ1) is 13.9. The van der Waals surface area contributed by atoms with E-state index in [2.05, 4.69) is 5.32 Å². The third-order valence-electron chi connectivity index (χ3n) is 4.36. The predicted molar refractivity (Wildman–Crippen MR) is 104 cm³/mol. The highest BCUT2D eigenvalue weighted by Crippen LogP contribution is 2.35. The Morgan fingerprint density at radius 3 is 2.66 bits per heavy atom. The van der Waals surface area contributed by atoms with Crippen LogP contribution in [0.2, 0.25) is 5.02 Å². The molecule has 0 bridgehead atoms. The fourth-order valence-electron chi connectivity index (χ4n) is 2.96. The second-order valence-electron chi connectivity index (χ2n) is 6.38. The number of amides is 2. The van der Waals surface area contributed by atoms with Gasteiger partial charge in [-0.25, -0.2) is 4.39 Å². The molecule has 0 unspecified atom stereocenters. The zero-order valence-corrected chi connectivity index (χ0v) is 16.2. The van der Waals surface area contributed by atoms with Crippen molar-refractivity contribution in [1.29, 1.82) is 0 Å². The van der Waals surface area contributed by atoms with Gasteiger partial charge < -0.3 is 19.7 Å². The lowest BCUT2D eigenvalue weighted by Crippen LogP contribution is -2.28. The second kappa shape index (κ2) is 8.91. The van der Waals surface area contributed by atoms with Crippen molar-refractivity contribution in [3.8, 4) is 5.75 Å². The molecule has 1 saturated heterocycles. The van der Waals surface area contributed by atoms with Crippen LogP contribution in [-0.2, 0) is 19.1 Å². The Morgan fingerprint density at radius 2 is 1.97 bits per heavy atom. The van der Waals surface area contributed by atoms with E-state index in [1.807, 2.05) is 0 Å². The lowest BCUT2D eigenvalue weighted by atomic mass is 10.1. The lowest BCUT2D eigenvalue weighted by molar-refractivity contribution is -0.151. The van der Waals surface area contributed by atoms with Gasteiger partial charge in [0, 0.05) is 23.7 Å². The number of benzene rings is 2. The van der Waals surface area contributed by atoms with Gasteiger partial charge in [0.05, 0.1) is 18.7 Å². The fraction of sp³-hybridized carbons (Fsp3) is 0.250. The van der Waals surface area contributed by atoms with Gasteiger partial charge in [-0.3, -0.25) is 14.4 Å². The third-order valence-corrected chi connectivity index (χ3v) is 4.60. The number of nitrogens with one attached hydrogen (secondary N) is 1. The van der Waals surface area contributed by atoms with Crippen molar-refractivity contribution in [1.82, 2.24) is 0 Å². The highest BCUT2D eigenvalue weighted by atomic mass is 35.5. The maximum absolute atomic E-state index is 12.9.